The van der Waals surface area contributed by atoms with Crippen molar-refractivity contribution in [1.82, 2.24) is 0 Å². The highest BCUT2D eigenvalue weighted by atomic mass is 16.5. The summed E-state index contributed by atoms with van der Waals surface area (Å²) < 4.78 is 4.83. The van der Waals surface area contributed by atoms with Crippen LogP contribution in [0.15, 0.2) is 24.3 Å². The lowest BCUT2D eigenvalue weighted by molar-refractivity contribution is -0.113. The van der Waals surface area contributed by atoms with E-state index >= 15 is 0 Å². The molecule has 0 saturated heterocycles. The quantitative estimate of drug-likeness (QED) is 0.604. The molecule has 0 amide bonds. The molecule has 0 atom stereocenters. The topological polar surface area (TPSA) is 43.4 Å². The third-order valence-electron chi connectivity index (χ3n) is 1.23. The van der Waals surface area contributed by atoms with Gasteiger partial charge in [-0.1, -0.05) is 0 Å². The second-order valence-corrected chi connectivity index (χ2v) is 2.25. The van der Waals surface area contributed by atoms with Crippen LogP contribution in [0.3, 0.4) is 0 Å². The Hall–Kier alpha value is -1.22. The molecule has 0 N–H and O–H groups in total. The second kappa shape index (κ2) is 7.43. The van der Waals surface area contributed by atoms with Crippen LogP contribution in [0.4, 0.5) is 0 Å². The number of ether oxygens (including phenoxy) is 1. The van der Waals surface area contributed by atoms with E-state index in [4.69, 9.17) is 4.74 Å². The van der Waals surface area contributed by atoms with Crippen molar-refractivity contribution in [1.29, 1.82) is 0 Å². The lowest BCUT2D eigenvalue weighted by Gasteiger charge is -1.87. The van der Waals surface area contributed by atoms with Gasteiger partial charge in [0.1, 0.15) is 0 Å². The maximum Gasteiger partial charge on any atom is 0.178 e. The van der Waals surface area contributed by atoms with Crippen molar-refractivity contribution in [3.8, 4) is 0 Å². The molecule has 0 aromatic heterocycles. The summed E-state index contributed by atoms with van der Waals surface area (Å²) in [6.45, 7) is 5.67. The Morgan fingerprint density at radius 2 is 1.23 bits per heavy atom. The first-order valence-corrected chi connectivity index (χ1v) is 4.22. The Bertz CT molecular complexity index is 186. The lowest BCUT2D eigenvalue weighted by Crippen LogP contribution is -1.97. The second-order valence-electron chi connectivity index (χ2n) is 2.25. The largest absolute Gasteiger partial charge is 0.382 e. The molecule has 0 fully saturated rings. The first-order valence-electron chi connectivity index (χ1n) is 4.22. The van der Waals surface area contributed by atoms with Crippen LogP contribution in [-0.2, 0) is 14.3 Å². The molecule has 0 saturated carbocycles. The fraction of sp³-hybridized carbons (Fsp3) is 0.400. The SMILES string of the molecule is CCOCC.O=C1C=CC(=O)C=C1. The van der Waals surface area contributed by atoms with E-state index in [0.717, 1.165) is 13.2 Å². The van der Waals surface area contributed by atoms with Crippen LogP contribution in [0.25, 0.3) is 0 Å². The minimum absolute atomic E-state index is 0.121. The van der Waals surface area contributed by atoms with Crippen LogP contribution in [0.1, 0.15) is 13.8 Å². The van der Waals surface area contributed by atoms with Gasteiger partial charge in [-0.3, -0.25) is 9.59 Å². The van der Waals surface area contributed by atoms with Gasteiger partial charge >= 0.3 is 0 Å². The summed E-state index contributed by atoms with van der Waals surface area (Å²) in [4.78, 5) is 20.6. The summed E-state index contributed by atoms with van der Waals surface area (Å²) in [5.41, 5.74) is 0. The third-order valence-corrected chi connectivity index (χ3v) is 1.23. The van der Waals surface area contributed by atoms with Crippen molar-refractivity contribution in [2.24, 2.45) is 0 Å². The van der Waals surface area contributed by atoms with Gasteiger partial charge in [0.2, 0.25) is 0 Å². The smallest absolute Gasteiger partial charge is 0.178 e. The van der Waals surface area contributed by atoms with Crippen LogP contribution in [0.5, 0.6) is 0 Å². The van der Waals surface area contributed by atoms with E-state index in [0.29, 0.717) is 0 Å². The van der Waals surface area contributed by atoms with Crippen molar-refractivity contribution in [3.63, 3.8) is 0 Å². The zero-order valence-corrected chi connectivity index (χ0v) is 7.95. The first kappa shape index (κ1) is 11.8. The maximum atomic E-state index is 10.3. The molecule has 0 spiro atoms. The summed E-state index contributed by atoms with van der Waals surface area (Å²) in [7, 11) is 0. The van der Waals surface area contributed by atoms with Gasteiger partial charge in [0.15, 0.2) is 11.6 Å². The highest BCUT2D eigenvalue weighted by Gasteiger charge is 1.97. The molecule has 1 rings (SSSR count). The molecule has 1 aliphatic carbocycles. The average molecular weight is 182 g/mol. The molecule has 0 heterocycles. The molecule has 0 radical (unpaired) electrons. The molecular weight excluding hydrogens is 168 g/mol. The highest BCUT2D eigenvalue weighted by Crippen LogP contribution is 1.90. The number of carbonyl (C=O) groups excluding carboxylic acids is 2. The third kappa shape index (κ3) is 7.15. The van der Waals surface area contributed by atoms with E-state index in [9.17, 15) is 9.59 Å². The van der Waals surface area contributed by atoms with Gasteiger partial charge in [-0.25, -0.2) is 0 Å². The van der Waals surface area contributed by atoms with E-state index in [1.54, 1.807) is 0 Å². The average Bonchev–Trinajstić information content (AvgIpc) is 2.13. The van der Waals surface area contributed by atoms with Crippen LogP contribution in [0.2, 0.25) is 0 Å². The van der Waals surface area contributed by atoms with Crippen LogP contribution >= 0.6 is 0 Å². The molecular formula is C10H14O3. The summed E-state index contributed by atoms with van der Waals surface area (Å²) >= 11 is 0. The molecule has 0 aromatic carbocycles. The van der Waals surface area contributed by atoms with Crippen LogP contribution < -0.4 is 0 Å². The summed E-state index contributed by atoms with van der Waals surface area (Å²) in [6.07, 6.45) is 5.01. The molecule has 0 unspecified atom stereocenters. The molecule has 72 valence electrons. The van der Waals surface area contributed by atoms with Crippen molar-refractivity contribution in [2.75, 3.05) is 13.2 Å². The van der Waals surface area contributed by atoms with Crippen LogP contribution in [-0.4, -0.2) is 24.8 Å². The van der Waals surface area contributed by atoms with Crippen molar-refractivity contribution >= 4 is 11.6 Å². The number of hydrogen-bond acceptors (Lipinski definition) is 3. The fourth-order valence-electron chi connectivity index (χ4n) is 0.644. The Kier molecular flexibility index (Phi) is 6.73. The van der Waals surface area contributed by atoms with E-state index < -0.39 is 0 Å². The minimum atomic E-state index is -0.121. The molecule has 13 heavy (non-hydrogen) atoms. The molecule has 0 aromatic rings. The molecule has 0 aliphatic heterocycles. The van der Waals surface area contributed by atoms with E-state index in [1.807, 2.05) is 13.8 Å². The van der Waals surface area contributed by atoms with Gasteiger partial charge in [-0.05, 0) is 38.2 Å². The van der Waals surface area contributed by atoms with E-state index in [-0.39, 0.29) is 11.6 Å². The zero-order chi connectivity index (χ0) is 10.1. The van der Waals surface area contributed by atoms with Gasteiger partial charge in [-0.15, -0.1) is 0 Å². The van der Waals surface area contributed by atoms with E-state index in [1.165, 1.54) is 24.3 Å². The van der Waals surface area contributed by atoms with Gasteiger partial charge < -0.3 is 4.74 Å². The molecule has 0 bridgehead atoms. The number of allylic oxidation sites excluding steroid dienone is 4. The summed E-state index contributed by atoms with van der Waals surface area (Å²) in [5.74, 6) is -0.241. The Morgan fingerprint density at radius 1 is 0.923 bits per heavy atom. The van der Waals surface area contributed by atoms with Gasteiger partial charge in [0.05, 0.1) is 0 Å². The molecule has 1 aliphatic rings. The number of ketones is 2. The molecule has 3 heteroatoms. The highest BCUT2D eigenvalue weighted by molar-refractivity contribution is 6.14. The number of rotatable bonds is 2. The summed E-state index contributed by atoms with van der Waals surface area (Å²) in [5, 5.41) is 0. The monoisotopic (exact) mass is 182 g/mol. The lowest BCUT2D eigenvalue weighted by atomic mass is 10.2. The number of carbonyl (C=O) groups is 2. The first-order chi connectivity index (χ1) is 6.20. The Balaban J connectivity index is 0.000000252. The summed E-state index contributed by atoms with van der Waals surface area (Å²) in [6, 6.07) is 0. The maximum absolute atomic E-state index is 10.3. The number of hydrogen-bond donors (Lipinski definition) is 0. The minimum Gasteiger partial charge on any atom is -0.382 e. The van der Waals surface area contributed by atoms with Crippen molar-refractivity contribution < 1.29 is 14.3 Å². The van der Waals surface area contributed by atoms with Gasteiger partial charge in [0.25, 0.3) is 0 Å². The fourth-order valence-corrected chi connectivity index (χ4v) is 0.644. The predicted molar refractivity (Wildman–Crippen MR) is 50.5 cm³/mol. The molecule has 3 nitrogen and oxygen atoms in total. The van der Waals surface area contributed by atoms with Crippen LogP contribution in [0, 0.1) is 0 Å². The Morgan fingerprint density at radius 3 is 1.38 bits per heavy atom. The van der Waals surface area contributed by atoms with Crippen molar-refractivity contribution in [3.05, 3.63) is 24.3 Å². The predicted octanol–water partition coefficient (Wildman–Crippen LogP) is 1.29. The van der Waals surface area contributed by atoms with E-state index in [2.05, 4.69) is 0 Å². The standard InChI is InChI=1S/C6H4O2.C4H10O/c7-5-1-2-6(8)4-3-5;1-3-5-4-2/h1-4H;3-4H2,1-2H3. The Labute approximate surface area is 78.1 Å². The van der Waals surface area contributed by atoms with Crippen molar-refractivity contribution in [2.45, 2.75) is 13.8 Å². The normalized spacial score (nSPS) is 14.0. The van der Waals surface area contributed by atoms with Gasteiger partial charge in [-0.2, -0.15) is 0 Å². The van der Waals surface area contributed by atoms with Gasteiger partial charge in [0, 0.05) is 13.2 Å². The zero-order valence-electron chi connectivity index (χ0n) is 7.95.